The first-order valence-electron chi connectivity index (χ1n) is 9.93. The van der Waals surface area contributed by atoms with Crippen LogP contribution in [0.15, 0.2) is 24.4 Å². The molecule has 0 unspecified atom stereocenters. The van der Waals surface area contributed by atoms with Gasteiger partial charge >= 0.3 is 0 Å². The highest BCUT2D eigenvalue weighted by Crippen LogP contribution is 2.41. The molecule has 6 nitrogen and oxygen atoms in total. The molecule has 0 bridgehead atoms. The van der Waals surface area contributed by atoms with Crippen LogP contribution < -0.4 is 4.90 Å². The summed E-state index contributed by atoms with van der Waals surface area (Å²) in [5, 5.41) is 5.00. The van der Waals surface area contributed by atoms with Crippen molar-refractivity contribution in [3.8, 4) is 11.3 Å². The van der Waals surface area contributed by atoms with E-state index in [4.69, 9.17) is 14.8 Å². The summed E-state index contributed by atoms with van der Waals surface area (Å²) in [6.45, 7) is 7.52. The van der Waals surface area contributed by atoms with Crippen LogP contribution in [-0.2, 0) is 11.2 Å². The summed E-state index contributed by atoms with van der Waals surface area (Å²) in [4.78, 5) is 11.9. The lowest BCUT2D eigenvalue weighted by Gasteiger charge is -2.29. The van der Waals surface area contributed by atoms with Gasteiger partial charge in [0, 0.05) is 36.5 Å². The van der Waals surface area contributed by atoms with Gasteiger partial charge in [0.15, 0.2) is 5.65 Å². The van der Waals surface area contributed by atoms with E-state index >= 15 is 0 Å². The number of pyridine rings is 1. The van der Waals surface area contributed by atoms with Gasteiger partial charge in [-0.25, -0.2) is 9.50 Å². The van der Waals surface area contributed by atoms with Gasteiger partial charge in [0.2, 0.25) is 0 Å². The minimum atomic E-state index is 0.588. The average molecular weight is 363 g/mol. The van der Waals surface area contributed by atoms with E-state index in [0.717, 1.165) is 61.0 Å². The first-order valence-corrected chi connectivity index (χ1v) is 9.93. The molecule has 0 radical (unpaired) electrons. The molecule has 0 atom stereocenters. The van der Waals surface area contributed by atoms with Crippen molar-refractivity contribution in [3.05, 3.63) is 41.5 Å². The third-order valence-corrected chi connectivity index (χ3v) is 5.57. The molecule has 5 rings (SSSR count). The highest BCUT2D eigenvalue weighted by molar-refractivity contribution is 5.75. The molecule has 3 aromatic rings. The van der Waals surface area contributed by atoms with Crippen LogP contribution >= 0.6 is 0 Å². The largest absolute Gasteiger partial charge is 0.378 e. The number of imidazole rings is 1. The molecule has 27 heavy (non-hydrogen) atoms. The predicted octanol–water partition coefficient (Wildman–Crippen LogP) is 3.38. The fourth-order valence-corrected chi connectivity index (χ4v) is 3.85. The van der Waals surface area contributed by atoms with E-state index in [1.54, 1.807) is 0 Å². The summed E-state index contributed by atoms with van der Waals surface area (Å²) in [6, 6.07) is 6.50. The third kappa shape index (κ3) is 2.98. The zero-order valence-electron chi connectivity index (χ0n) is 16.0. The molecule has 1 aliphatic carbocycles. The Morgan fingerprint density at radius 2 is 2.00 bits per heavy atom. The molecule has 1 saturated heterocycles. The number of fused-ring (bicyclic) bond motifs is 1. The van der Waals surface area contributed by atoms with Gasteiger partial charge < -0.3 is 9.64 Å². The van der Waals surface area contributed by atoms with E-state index in [9.17, 15) is 0 Å². The van der Waals surface area contributed by atoms with Gasteiger partial charge in [-0.3, -0.25) is 4.98 Å². The van der Waals surface area contributed by atoms with E-state index in [1.165, 1.54) is 24.2 Å². The molecule has 4 heterocycles. The number of morpholine rings is 1. The van der Waals surface area contributed by atoms with E-state index in [-0.39, 0.29) is 0 Å². The van der Waals surface area contributed by atoms with Crippen molar-refractivity contribution in [2.75, 3.05) is 31.2 Å². The number of hydrogen-bond donors (Lipinski definition) is 0. The van der Waals surface area contributed by atoms with Crippen LogP contribution in [0.1, 0.15) is 42.8 Å². The van der Waals surface area contributed by atoms with Crippen LogP contribution in [0, 0.1) is 6.92 Å². The molecular formula is C21H25N5O. The topological polar surface area (TPSA) is 55.5 Å². The van der Waals surface area contributed by atoms with Crippen LogP contribution in [0.4, 0.5) is 5.69 Å². The summed E-state index contributed by atoms with van der Waals surface area (Å²) < 4.78 is 7.60. The zero-order chi connectivity index (χ0) is 18.4. The second kappa shape index (κ2) is 6.60. The van der Waals surface area contributed by atoms with Crippen LogP contribution in [0.5, 0.6) is 0 Å². The van der Waals surface area contributed by atoms with Crippen molar-refractivity contribution >= 4 is 11.3 Å². The maximum Gasteiger partial charge on any atom is 0.178 e. The van der Waals surface area contributed by atoms with Gasteiger partial charge in [0.1, 0.15) is 0 Å². The molecule has 6 heteroatoms. The Labute approximate surface area is 159 Å². The minimum absolute atomic E-state index is 0.588. The molecule has 0 spiro atoms. The number of nitrogens with zero attached hydrogens (tertiary/aromatic N) is 5. The van der Waals surface area contributed by atoms with E-state index < -0.39 is 0 Å². The molecule has 1 saturated carbocycles. The maximum absolute atomic E-state index is 5.55. The van der Waals surface area contributed by atoms with Crippen molar-refractivity contribution in [1.82, 2.24) is 19.6 Å². The van der Waals surface area contributed by atoms with Crippen LogP contribution in [-0.4, -0.2) is 45.9 Å². The van der Waals surface area contributed by atoms with Gasteiger partial charge in [0.05, 0.1) is 36.0 Å². The fraction of sp³-hybridized carbons (Fsp3) is 0.476. The molecular weight excluding hydrogens is 338 g/mol. The lowest BCUT2D eigenvalue weighted by Crippen LogP contribution is -2.36. The average Bonchev–Trinajstić information content (AvgIpc) is 3.51. The Hall–Kier alpha value is -2.47. The number of anilines is 1. The van der Waals surface area contributed by atoms with Crippen molar-refractivity contribution in [1.29, 1.82) is 0 Å². The monoisotopic (exact) mass is 363 g/mol. The second-order valence-electron chi connectivity index (χ2n) is 7.50. The van der Waals surface area contributed by atoms with Gasteiger partial charge in [-0.15, -0.1) is 0 Å². The van der Waals surface area contributed by atoms with E-state index in [0.29, 0.717) is 5.92 Å². The lowest BCUT2D eigenvalue weighted by molar-refractivity contribution is 0.123. The third-order valence-electron chi connectivity index (χ3n) is 5.57. The van der Waals surface area contributed by atoms with E-state index in [1.807, 2.05) is 6.20 Å². The smallest absolute Gasteiger partial charge is 0.178 e. The quantitative estimate of drug-likeness (QED) is 0.711. The maximum atomic E-state index is 5.55. The van der Waals surface area contributed by atoms with Crippen molar-refractivity contribution in [3.63, 3.8) is 0 Å². The Morgan fingerprint density at radius 1 is 1.19 bits per heavy atom. The van der Waals surface area contributed by atoms with Gasteiger partial charge in [-0.1, -0.05) is 6.92 Å². The molecule has 2 aliphatic rings. The number of rotatable bonds is 4. The number of hydrogen-bond acceptors (Lipinski definition) is 5. The lowest BCUT2D eigenvalue weighted by atomic mass is 10.1. The first-order chi connectivity index (χ1) is 13.2. The Bertz CT molecular complexity index is 968. The van der Waals surface area contributed by atoms with Crippen molar-refractivity contribution < 1.29 is 4.74 Å². The molecule has 0 amide bonds. The summed E-state index contributed by atoms with van der Waals surface area (Å²) in [5.41, 5.74) is 7.53. The highest BCUT2D eigenvalue weighted by atomic mass is 16.5. The van der Waals surface area contributed by atoms with Crippen molar-refractivity contribution in [2.24, 2.45) is 0 Å². The molecule has 140 valence electrons. The highest BCUT2D eigenvalue weighted by Gasteiger charge is 2.29. The van der Waals surface area contributed by atoms with Gasteiger partial charge in [-0.05, 0) is 44.4 Å². The Kier molecular flexibility index (Phi) is 4.08. The molecule has 2 fully saturated rings. The summed E-state index contributed by atoms with van der Waals surface area (Å²) in [6.07, 6.45) is 5.36. The summed E-state index contributed by atoms with van der Waals surface area (Å²) >= 11 is 0. The molecule has 0 N–H and O–H groups in total. The number of ether oxygens (including phenoxy) is 1. The minimum Gasteiger partial charge on any atom is -0.378 e. The summed E-state index contributed by atoms with van der Waals surface area (Å²) in [7, 11) is 0. The normalized spacial score (nSPS) is 17.6. The van der Waals surface area contributed by atoms with Crippen LogP contribution in [0.2, 0.25) is 0 Å². The Balaban J connectivity index is 1.69. The number of aryl methyl sites for hydroxylation is 2. The molecule has 1 aliphatic heterocycles. The Morgan fingerprint density at radius 3 is 2.67 bits per heavy atom. The fourth-order valence-electron chi connectivity index (χ4n) is 3.85. The molecule has 3 aromatic heterocycles. The van der Waals surface area contributed by atoms with Crippen LogP contribution in [0.3, 0.4) is 0 Å². The standard InChI is InChI=1S/C21H25N5O/c1-3-17-7-6-16(13-22-17)20-14(2)23-21-19(25-8-10-27-11-9-25)12-18(15-4-5-15)24-26(20)21/h6-7,12-13,15H,3-5,8-11H2,1-2H3. The SMILES string of the molecule is CCc1ccc(-c2c(C)nc3c(N4CCOCC4)cc(C4CC4)nn23)cn1. The summed E-state index contributed by atoms with van der Waals surface area (Å²) in [5.74, 6) is 0.588. The second-order valence-corrected chi connectivity index (χ2v) is 7.50. The van der Waals surface area contributed by atoms with Gasteiger partial charge in [0.25, 0.3) is 0 Å². The van der Waals surface area contributed by atoms with E-state index in [2.05, 4.69) is 46.4 Å². The zero-order valence-corrected chi connectivity index (χ0v) is 16.0. The first kappa shape index (κ1) is 16.7. The number of aromatic nitrogens is 4. The van der Waals surface area contributed by atoms with Crippen LogP contribution in [0.25, 0.3) is 16.9 Å². The molecule has 0 aromatic carbocycles. The predicted molar refractivity (Wildman–Crippen MR) is 105 cm³/mol. The van der Waals surface area contributed by atoms with Gasteiger partial charge in [-0.2, -0.15) is 5.10 Å². The van der Waals surface area contributed by atoms with Crippen molar-refractivity contribution in [2.45, 2.75) is 39.0 Å².